The lowest BCUT2D eigenvalue weighted by Gasteiger charge is -2.08. The summed E-state index contributed by atoms with van der Waals surface area (Å²) in [5.41, 5.74) is 1.66. The number of hydrogen-bond donors (Lipinski definition) is 1. The second-order valence-corrected chi connectivity index (χ2v) is 4.21. The molecule has 2 aromatic rings. The Balaban J connectivity index is 2.44. The van der Waals surface area contributed by atoms with Gasteiger partial charge in [-0.2, -0.15) is 0 Å². The summed E-state index contributed by atoms with van der Waals surface area (Å²) in [6, 6.07) is 11.1. The highest BCUT2D eigenvalue weighted by atomic mass is 19.1. The van der Waals surface area contributed by atoms with Crippen LogP contribution in [-0.4, -0.2) is 11.4 Å². The molecule has 2 nitrogen and oxygen atoms in total. The molecule has 0 amide bonds. The van der Waals surface area contributed by atoms with Crippen LogP contribution in [-0.2, 0) is 4.79 Å². The maximum atomic E-state index is 14.0. The van der Waals surface area contributed by atoms with Crippen molar-refractivity contribution >= 4 is 6.29 Å². The average Bonchev–Trinajstić information content (AvgIpc) is 2.37. The fourth-order valence-corrected chi connectivity index (χ4v) is 1.80. The van der Waals surface area contributed by atoms with Crippen LogP contribution in [0.3, 0.4) is 0 Å². The van der Waals surface area contributed by atoms with Crippen molar-refractivity contribution in [2.45, 2.75) is 12.8 Å². The molecule has 0 fully saturated rings. The van der Waals surface area contributed by atoms with E-state index in [-0.39, 0.29) is 11.7 Å². The number of benzene rings is 2. The molecule has 0 aliphatic carbocycles. The maximum Gasteiger partial charge on any atom is 0.131 e. The van der Waals surface area contributed by atoms with Gasteiger partial charge in [-0.15, -0.1) is 0 Å². The summed E-state index contributed by atoms with van der Waals surface area (Å²) in [4.78, 5) is 10.7. The van der Waals surface area contributed by atoms with Gasteiger partial charge >= 0.3 is 0 Å². The number of rotatable bonds is 3. The van der Waals surface area contributed by atoms with Crippen LogP contribution in [0.15, 0.2) is 42.5 Å². The minimum Gasteiger partial charge on any atom is -0.508 e. The summed E-state index contributed by atoms with van der Waals surface area (Å²) in [7, 11) is 0. The predicted octanol–water partition coefficient (Wildman–Crippen LogP) is 3.50. The number of aldehydes is 1. The number of carbonyl (C=O) groups excluding carboxylic acids is 1. The minimum atomic E-state index is -0.396. The monoisotopic (exact) mass is 244 g/mol. The number of phenols is 1. The lowest BCUT2D eigenvalue weighted by atomic mass is 9.98. The molecule has 1 atom stereocenters. The SMILES string of the molecule is CC(C=O)c1ccc(-c2cccc(O)c2)c(F)c1. The van der Waals surface area contributed by atoms with E-state index >= 15 is 0 Å². The Morgan fingerprint density at radius 3 is 2.61 bits per heavy atom. The third-order valence-corrected chi connectivity index (χ3v) is 2.88. The van der Waals surface area contributed by atoms with E-state index in [1.807, 2.05) is 0 Å². The first kappa shape index (κ1) is 12.3. The molecule has 0 radical (unpaired) electrons. The van der Waals surface area contributed by atoms with E-state index in [9.17, 15) is 14.3 Å². The molecule has 0 aliphatic heterocycles. The zero-order valence-electron chi connectivity index (χ0n) is 9.93. The average molecular weight is 244 g/mol. The van der Waals surface area contributed by atoms with Crippen LogP contribution in [0.1, 0.15) is 18.4 Å². The summed E-state index contributed by atoms with van der Waals surface area (Å²) < 4.78 is 14.0. The van der Waals surface area contributed by atoms with Gasteiger partial charge in [0.1, 0.15) is 17.9 Å². The van der Waals surface area contributed by atoms with Crippen molar-refractivity contribution in [1.82, 2.24) is 0 Å². The third kappa shape index (κ3) is 2.40. The molecule has 2 rings (SSSR count). The molecular weight excluding hydrogens is 231 g/mol. The molecule has 0 aromatic heterocycles. The summed E-state index contributed by atoms with van der Waals surface area (Å²) in [6.45, 7) is 1.72. The van der Waals surface area contributed by atoms with Crippen LogP contribution in [0, 0.1) is 5.82 Å². The number of phenolic OH excluding ortho intramolecular Hbond substituents is 1. The fraction of sp³-hybridized carbons (Fsp3) is 0.133. The van der Waals surface area contributed by atoms with E-state index in [1.54, 1.807) is 31.2 Å². The highest BCUT2D eigenvalue weighted by Gasteiger charge is 2.10. The second-order valence-electron chi connectivity index (χ2n) is 4.21. The van der Waals surface area contributed by atoms with E-state index in [4.69, 9.17) is 0 Å². The zero-order valence-corrected chi connectivity index (χ0v) is 9.93. The Hall–Kier alpha value is -2.16. The van der Waals surface area contributed by atoms with Crippen LogP contribution >= 0.6 is 0 Å². The Kier molecular flexibility index (Phi) is 3.42. The van der Waals surface area contributed by atoms with Crippen molar-refractivity contribution in [3.8, 4) is 16.9 Å². The molecule has 0 saturated heterocycles. The summed E-state index contributed by atoms with van der Waals surface area (Å²) in [5.74, 6) is -0.623. The van der Waals surface area contributed by atoms with E-state index in [1.165, 1.54) is 18.2 Å². The van der Waals surface area contributed by atoms with Gasteiger partial charge in [0, 0.05) is 11.5 Å². The van der Waals surface area contributed by atoms with Gasteiger partial charge in [-0.1, -0.05) is 31.2 Å². The van der Waals surface area contributed by atoms with Crippen molar-refractivity contribution in [1.29, 1.82) is 0 Å². The summed E-state index contributed by atoms with van der Waals surface area (Å²) >= 11 is 0. The number of hydrogen-bond acceptors (Lipinski definition) is 2. The van der Waals surface area contributed by atoms with Crippen molar-refractivity contribution in [3.05, 3.63) is 53.8 Å². The van der Waals surface area contributed by atoms with Crippen molar-refractivity contribution in [3.63, 3.8) is 0 Å². The highest BCUT2D eigenvalue weighted by Crippen LogP contribution is 2.27. The van der Waals surface area contributed by atoms with Crippen LogP contribution in [0.25, 0.3) is 11.1 Å². The van der Waals surface area contributed by atoms with Crippen molar-refractivity contribution in [2.24, 2.45) is 0 Å². The molecule has 0 bridgehead atoms. The standard InChI is InChI=1S/C15H13FO2/c1-10(9-17)11-5-6-14(15(16)8-11)12-3-2-4-13(18)7-12/h2-10,18H,1H3. The zero-order chi connectivity index (χ0) is 13.1. The molecule has 18 heavy (non-hydrogen) atoms. The minimum absolute atomic E-state index is 0.0947. The highest BCUT2D eigenvalue weighted by molar-refractivity contribution is 5.68. The summed E-state index contributed by atoms with van der Waals surface area (Å²) in [5, 5.41) is 9.38. The Labute approximate surface area is 105 Å². The van der Waals surface area contributed by atoms with Crippen molar-refractivity contribution in [2.75, 3.05) is 0 Å². The van der Waals surface area contributed by atoms with Gasteiger partial charge in [0.05, 0.1) is 0 Å². The lowest BCUT2D eigenvalue weighted by molar-refractivity contribution is -0.108. The first-order valence-corrected chi connectivity index (χ1v) is 5.66. The van der Waals surface area contributed by atoms with Gasteiger partial charge in [0.15, 0.2) is 0 Å². The molecule has 0 aliphatic rings. The second kappa shape index (κ2) is 5.00. The molecule has 1 unspecified atom stereocenters. The van der Waals surface area contributed by atoms with Crippen molar-refractivity contribution < 1.29 is 14.3 Å². The van der Waals surface area contributed by atoms with Gasteiger partial charge in [-0.25, -0.2) is 4.39 Å². The topological polar surface area (TPSA) is 37.3 Å². The third-order valence-electron chi connectivity index (χ3n) is 2.88. The summed E-state index contributed by atoms with van der Waals surface area (Å²) in [6.07, 6.45) is 0.781. The van der Waals surface area contributed by atoms with Gasteiger partial charge in [0.25, 0.3) is 0 Å². The van der Waals surface area contributed by atoms with Crippen LogP contribution in [0.5, 0.6) is 5.75 Å². The van der Waals surface area contributed by atoms with Gasteiger partial charge < -0.3 is 9.90 Å². The number of halogens is 1. The van der Waals surface area contributed by atoms with Gasteiger partial charge in [-0.3, -0.25) is 0 Å². The lowest BCUT2D eigenvalue weighted by Crippen LogP contribution is -1.96. The predicted molar refractivity (Wildman–Crippen MR) is 68.0 cm³/mol. The van der Waals surface area contributed by atoms with Crippen LogP contribution in [0.4, 0.5) is 4.39 Å². The molecular formula is C15H13FO2. The fourth-order valence-electron chi connectivity index (χ4n) is 1.80. The van der Waals surface area contributed by atoms with E-state index in [0.717, 1.165) is 6.29 Å². The first-order chi connectivity index (χ1) is 8.61. The number of carbonyl (C=O) groups is 1. The molecule has 3 heteroatoms. The molecule has 0 spiro atoms. The van der Waals surface area contributed by atoms with Gasteiger partial charge in [-0.05, 0) is 29.3 Å². The van der Waals surface area contributed by atoms with E-state index < -0.39 is 5.82 Å². The first-order valence-electron chi connectivity index (χ1n) is 5.66. The Morgan fingerprint density at radius 2 is 2.00 bits per heavy atom. The van der Waals surface area contributed by atoms with Crippen LogP contribution < -0.4 is 0 Å². The smallest absolute Gasteiger partial charge is 0.131 e. The Morgan fingerprint density at radius 1 is 1.22 bits per heavy atom. The Bertz CT molecular complexity index is 578. The molecule has 2 aromatic carbocycles. The molecule has 0 saturated carbocycles. The largest absolute Gasteiger partial charge is 0.508 e. The molecule has 92 valence electrons. The quantitative estimate of drug-likeness (QED) is 0.839. The van der Waals surface area contributed by atoms with E-state index in [0.29, 0.717) is 16.7 Å². The maximum absolute atomic E-state index is 14.0. The normalized spacial score (nSPS) is 12.1. The van der Waals surface area contributed by atoms with E-state index in [2.05, 4.69) is 0 Å². The van der Waals surface area contributed by atoms with Gasteiger partial charge in [0.2, 0.25) is 0 Å². The molecule has 0 heterocycles. The van der Waals surface area contributed by atoms with Crippen LogP contribution in [0.2, 0.25) is 0 Å². The number of aromatic hydroxyl groups is 1. The molecule has 1 N–H and O–H groups in total.